The van der Waals surface area contributed by atoms with Crippen LogP contribution in [-0.4, -0.2) is 18.1 Å². The predicted octanol–water partition coefficient (Wildman–Crippen LogP) is 2.91. The zero-order chi connectivity index (χ0) is 12.0. The molecular formula is C12H20ClN3. The molecule has 0 saturated carbocycles. The Morgan fingerprint density at radius 2 is 2.12 bits per heavy atom. The van der Waals surface area contributed by atoms with E-state index in [1.54, 1.807) is 6.20 Å². The van der Waals surface area contributed by atoms with Crippen molar-refractivity contribution in [3.63, 3.8) is 0 Å². The molecule has 0 atom stereocenters. The number of halogens is 1. The van der Waals surface area contributed by atoms with Crippen molar-refractivity contribution in [1.29, 1.82) is 0 Å². The van der Waals surface area contributed by atoms with Crippen molar-refractivity contribution in [1.82, 2.24) is 4.98 Å². The summed E-state index contributed by atoms with van der Waals surface area (Å²) in [5, 5.41) is 3.94. The van der Waals surface area contributed by atoms with Crippen LogP contribution in [0, 0.1) is 5.41 Å². The smallest absolute Gasteiger partial charge is 0.144 e. The van der Waals surface area contributed by atoms with E-state index in [4.69, 9.17) is 17.3 Å². The molecule has 0 bridgehead atoms. The van der Waals surface area contributed by atoms with Crippen LogP contribution in [0.4, 0.5) is 5.82 Å². The molecule has 0 radical (unpaired) electrons. The maximum atomic E-state index is 6.03. The van der Waals surface area contributed by atoms with Gasteiger partial charge in [0.2, 0.25) is 0 Å². The van der Waals surface area contributed by atoms with Crippen molar-refractivity contribution in [2.45, 2.75) is 26.7 Å². The SMILES string of the molecule is CCC(CC)(CN)CNc1ncccc1Cl. The van der Waals surface area contributed by atoms with Crippen molar-refractivity contribution in [3.8, 4) is 0 Å². The molecule has 0 saturated heterocycles. The lowest BCUT2D eigenvalue weighted by Gasteiger charge is -2.30. The lowest BCUT2D eigenvalue weighted by molar-refractivity contribution is 0.294. The van der Waals surface area contributed by atoms with Crippen molar-refractivity contribution in [2.24, 2.45) is 11.1 Å². The Labute approximate surface area is 102 Å². The van der Waals surface area contributed by atoms with Crippen LogP contribution in [-0.2, 0) is 0 Å². The van der Waals surface area contributed by atoms with Gasteiger partial charge in [-0.2, -0.15) is 0 Å². The maximum Gasteiger partial charge on any atom is 0.144 e. The van der Waals surface area contributed by atoms with Gasteiger partial charge in [-0.15, -0.1) is 0 Å². The number of aromatic nitrogens is 1. The molecule has 1 aromatic heterocycles. The average Bonchev–Trinajstić information content (AvgIpc) is 2.34. The van der Waals surface area contributed by atoms with Crippen LogP contribution in [0.25, 0.3) is 0 Å². The molecule has 0 aliphatic heterocycles. The second-order valence-electron chi connectivity index (χ2n) is 4.10. The molecule has 0 aromatic carbocycles. The van der Waals surface area contributed by atoms with Gasteiger partial charge in [-0.1, -0.05) is 25.4 Å². The van der Waals surface area contributed by atoms with E-state index in [9.17, 15) is 0 Å². The summed E-state index contributed by atoms with van der Waals surface area (Å²) in [5.41, 5.74) is 5.98. The molecule has 0 fully saturated rings. The molecule has 0 aliphatic carbocycles. The van der Waals surface area contributed by atoms with Crippen molar-refractivity contribution in [3.05, 3.63) is 23.4 Å². The van der Waals surface area contributed by atoms with E-state index < -0.39 is 0 Å². The van der Waals surface area contributed by atoms with Crippen LogP contribution < -0.4 is 11.1 Å². The molecule has 90 valence electrons. The standard InChI is InChI=1S/C12H20ClN3/c1-3-12(4-2,8-14)9-16-11-10(13)6-5-7-15-11/h5-7H,3-4,8-9,14H2,1-2H3,(H,15,16). The number of hydrogen-bond acceptors (Lipinski definition) is 3. The lowest BCUT2D eigenvalue weighted by atomic mass is 9.82. The quantitative estimate of drug-likeness (QED) is 0.805. The largest absolute Gasteiger partial charge is 0.368 e. The van der Waals surface area contributed by atoms with E-state index in [1.807, 2.05) is 12.1 Å². The number of nitrogens with one attached hydrogen (secondary N) is 1. The predicted molar refractivity (Wildman–Crippen MR) is 69.8 cm³/mol. The highest BCUT2D eigenvalue weighted by atomic mass is 35.5. The lowest BCUT2D eigenvalue weighted by Crippen LogP contribution is -2.36. The van der Waals surface area contributed by atoms with E-state index in [-0.39, 0.29) is 5.41 Å². The highest BCUT2D eigenvalue weighted by Gasteiger charge is 2.24. The summed E-state index contributed by atoms with van der Waals surface area (Å²) in [6, 6.07) is 3.66. The number of pyridine rings is 1. The third-order valence-electron chi connectivity index (χ3n) is 3.32. The summed E-state index contributed by atoms with van der Waals surface area (Å²) >= 11 is 6.03. The second kappa shape index (κ2) is 6.06. The first-order valence-electron chi connectivity index (χ1n) is 5.72. The minimum absolute atomic E-state index is 0.140. The van der Waals surface area contributed by atoms with Gasteiger partial charge >= 0.3 is 0 Å². The molecule has 3 nitrogen and oxygen atoms in total. The van der Waals surface area contributed by atoms with Gasteiger partial charge in [-0.3, -0.25) is 0 Å². The van der Waals surface area contributed by atoms with E-state index in [0.717, 1.165) is 25.2 Å². The Bertz CT molecular complexity index is 316. The fraction of sp³-hybridized carbons (Fsp3) is 0.583. The minimum atomic E-state index is 0.140. The van der Waals surface area contributed by atoms with Crippen LogP contribution in [0.3, 0.4) is 0 Å². The summed E-state index contributed by atoms with van der Waals surface area (Å²) in [6.45, 7) is 5.82. The number of anilines is 1. The molecule has 0 aliphatic rings. The number of hydrogen-bond donors (Lipinski definition) is 2. The Hall–Kier alpha value is -0.800. The second-order valence-corrected chi connectivity index (χ2v) is 4.51. The highest BCUT2D eigenvalue weighted by Crippen LogP contribution is 2.26. The molecule has 1 aromatic rings. The van der Waals surface area contributed by atoms with Crippen molar-refractivity contribution < 1.29 is 0 Å². The van der Waals surface area contributed by atoms with Gasteiger partial charge in [0.05, 0.1) is 5.02 Å². The third kappa shape index (κ3) is 3.09. The monoisotopic (exact) mass is 241 g/mol. The van der Waals surface area contributed by atoms with Gasteiger partial charge in [-0.25, -0.2) is 4.98 Å². The normalized spacial score (nSPS) is 11.5. The molecule has 0 spiro atoms. The van der Waals surface area contributed by atoms with Crippen LogP contribution >= 0.6 is 11.6 Å². The van der Waals surface area contributed by atoms with Crippen LogP contribution in [0.1, 0.15) is 26.7 Å². The molecule has 3 N–H and O–H groups in total. The van der Waals surface area contributed by atoms with Gasteiger partial charge in [0.15, 0.2) is 0 Å². The van der Waals surface area contributed by atoms with Gasteiger partial charge in [0.25, 0.3) is 0 Å². The molecule has 0 unspecified atom stereocenters. The Kier molecular flexibility index (Phi) is 5.03. The first kappa shape index (κ1) is 13.3. The Morgan fingerprint density at radius 3 is 2.62 bits per heavy atom. The summed E-state index contributed by atoms with van der Waals surface area (Å²) in [7, 11) is 0. The van der Waals surface area contributed by atoms with E-state index in [2.05, 4.69) is 24.1 Å². The topological polar surface area (TPSA) is 50.9 Å². The highest BCUT2D eigenvalue weighted by molar-refractivity contribution is 6.32. The molecular weight excluding hydrogens is 222 g/mol. The summed E-state index contributed by atoms with van der Waals surface area (Å²) in [4.78, 5) is 4.20. The van der Waals surface area contributed by atoms with Gasteiger partial charge < -0.3 is 11.1 Å². The number of nitrogens with zero attached hydrogens (tertiary/aromatic N) is 1. The molecule has 4 heteroatoms. The zero-order valence-corrected chi connectivity index (χ0v) is 10.7. The Morgan fingerprint density at radius 1 is 1.44 bits per heavy atom. The Balaban J connectivity index is 2.66. The zero-order valence-electron chi connectivity index (χ0n) is 9.96. The summed E-state index contributed by atoms with van der Waals surface area (Å²) < 4.78 is 0. The van der Waals surface area contributed by atoms with Crippen molar-refractivity contribution >= 4 is 17.4 Å². The average molecular weight is 242 g/mol. The number of rotatable bonds is 6. The molecule has 1 heterocycles. The van der Waals surface area contributed by atoms with Crippen molar-refractivity contribution in [2.75, 3.05) is 18.4 Å². The van der Waals surface area contributed by atoms with E-state index in [0.29, 0.717) is 11.6 Å². The summed E-state index contributed by atoms with van der Waals surface area (Å²) in [5.74, 6) is 0.740. The maximum absolute atomic E-state index is 6.03. The molecule has 16 heavy (non-hydrogen) atoms. The van der Waals surface area contributed by atoms with E-state index in [1.165, 1.54) is 0 Å². The van der Waals surface area contributed by atoms with E-state index >= 15 is 0 Å². The fourth-order valence-electron chi connectivity index (χ4n) is 1.65. The first-order chi connectivity index (χ1) is 7.67. The fourth-order valence-corrected chi connectivity index (χ4v) is 1.84. The van der Waals surface area contributed by atoms with Gasteiger partial charge in [0, 0.05) is 12.7 Å². The minimum Gasteiger partial charge on any atom is -0.368 e. The van der Waals surface area contributed by atoms with Crippen LogP contribution in [0.15, 0.2) is 18.3 Å². The third-order valence-corrected chi connectivity index (χ3v) is 3.63. The summed E-state index contributed by atoms with van der Waals surface area (Å²) in [6.07, 6.45) is 3.84. The van der Waals surface area contributed by atoms with Crippen LogP contribution in [0.5, 0.6) is 0 Å². The number of nitrogens with two attached hydrogens (primary N) is 1. The van der Waals surface area contributed by atoms with Crippen LogP contribution in [0.2, 0.25) is 5.02 Å². The first-order valence-corrected chi connectivity index (χ1v) is 6.09. The van der Waals surface area contributed by atoms with Gasteiger partial charge in [0.1, 0.15) is 5.82 Å². The van der Waals surface area contributed by atoms with Gasteiger partial charge in [-0.05, 0) is 36.9 Å². The molecule has 1 rings (SSSR count). The molecule has 0 amide bonds.